The number of azide groups is 1. The van der Waals surface area contributed by atoms with Gasteiger partial charge >= 0.3 is 0 Å². The molecule has 5 nitrogen and oxygen atoms in total. The van der Waals surface area contributed by atoms with E-state index >= 15 is 0 Å². The minimum Gasteiger partial charge on any atom is -0.158 e. The van der Waals surface area contributed by atoms with Gasteiger partial charge in [-0.3, -0.25) is 0 Å². The van der Waals surface area contributed by atoms with Crippen molar-refractivity contribution in [3.05, 3.63) is 77.3 Å². The quantitative estimate of drug-likeness (QED) is 0.392. The zero-order chi connectivity index (χ0) is 14.5. The van der Waals surface area contributed by atoms with Crippen LogP contribution in [0, 0.1) is 0 Å². The zero-order valence-corrected chi connectivity index (χ0v) is 11.1. The number of benzene rings is 2. The largest absolute Gasteiger partial charge is 0.158 e. The Hall–Kier alpha value is -3.17. The average Bonchev–Trinajstić information content (AvgIpc) is 2.56. The maximum absolute atomic E-state index is 8.74. The summed E-state index contributed by atoms with van der Waals surface area (Å²) in [5.74, 6) is 0.282. The second kappa shape index (κ2) is 5.86. The van der Waals surface area contributed by atoms with E-state index < -0.39 is 0 Å². The van der Waals surface area contributed by atoms with Crippen LogP contribution >= 0.6 is 0 Å². The van der Waals surface area contributed by atoms with Crippen LogP contribution in [0.25, 0.3) is 32.7 Å². The first-order chi connectivity index (χ1) is 10.4. The molecule has 0 aliphatic rings. The number of aromatic nitrogens is 2. The van der Waals surface area contributed by atoms with Crippen LogP contribution in [0.3, 0.4) is 0 Å². The Morgan fingerprint density at radius 1 is 0.857 bits per heavy atom. The molecule has 0 saturated heterocycles. The highest BCUT2D eigenvalue weighted by Gasteiger charge is 2.13. The van der Waals surface area contributed by atoms with Crippen molar-refractivity contribution in [2.75, 3.05) is 0 Å². The molecule has 21 heavy (non-hydrogen) atoms. The molecule has 0 N–H and O–H groups in total. The molecule has 0 radical (unpaired) electrons. The van der Waals surface area contributed by atoms with Crippen molar-refractivity contribution in [3.63, 3.8) is 0 Å². The van der Waals surface area contributed by atoms with Crippen LogP contribution < -0.4 is 0 Å². The Morgan fingerprint density at radius 3 is 2.10 bits per heavy atom. The van der Waals surface area contributed by atoms with Crippen LogP contribution in [0.2, 0.25) is 0 Å². The smallest absolute Gasteiger partial charge is 0.157 e. The summed E-state index contributed by atoms with van der Waals surface area (Å²) >= 11 is 0. The summed E-state index contributed by atoms with van der Waals surface area (Å²) in [4.78, 5) is 2.85. The van der Waals surface area contributed by atoms with Crippen LogP contribution in [-0.4, -0.2) is 10.2 Å². The minimum atomic E-state index is 0.282. The maximum atomic E-state index is 8.74. The summed E-state index contributed by atoms with van der Waals surface area (Å²) in [6.07, 6.45) is 1.69. The third-order valence-corrected chi connectivity index (χ3v) is 3.12. The molecule has 0 fully saturated rings. The van der Waals surface area contributed by atoms with Gasteiger partial charge in [0.05, 0.1) is 6.20 Å². The number of nitrogens with zero attached hydrogens (tertiary/aromatic N) is 5. The molecule has 3 rings (SSSR count). The SMILES string of the molecule is [N-]=[N+]=Nc1nncc(-c2ccccc2)c1-c1ccccc1. The molecule has 0 saturated carbocycles. The number of hydrogen-bond donors (Lipinski definition) is 0. The van der Waals surface area contributed by atoms with Crippen molar-refractivity contribution in [1.29, 1.82) is 0 Å². The second-order valence-corrected chi connectivity index (χ2v) is 4.38. The van der Waals surface area contributed by atoms with E-state index in [1.54, 1.807) is 6.20 Å². The molecule has 0 spiro atoms. The van der Waals surface area contributed by atoms with E-state index in [1.165, 1.54) is 0 Å². The number of rotatable bonds is 3. The van der Waals surface area contributed by atoms with Crippen LogP contribution in [0.1, 0.15) is 0 Å². The molecule has 0 aliphatic carbocycles. The Labute approximate surface area is 121 Å². The molecule has 0 amide bonds. The highest BCUT2D eigenvalue weighted by Crippen LogP contribution is 2.37. The van der Waals surface area contributed by atoms with Crippen LogP contribution in [0.5, 0.6) is 0 Å². The van der Waals surface area contributed by atoms with Gasteiger partial charge in [0.2, 0.25) is 0 Å². The average molecular weight is 273 g/mol. The Kier molecular flexibility index (Phi) is 3.58. The molecule has 2 aromatic carbocycles. The lowest BCUT2D eigenvalue weighted by Gasteiger charge is -2.11. The predicted octanol–water partition coefficient (Wildman–Crippen LogP) is 4.75. The van der Waals surface area contributed by atoms with E-state index in [-0.39, 0.29) is 5.82 Å². The lowest BCUT2D eigenvalue weighted by Crippen LogP contribution is -1.91. The Morgan fingerprint density at radius 2 is 1.48 bits per heavy atom. The van der Waals surface area contributed by atoms with E-state index in [9.17, 15) is 0 Å². The van der Waals surface area contributed by atoms with Crippen molar-refractivity contribution < 1.29 is 0 Å². The van der Waals surface area contributed by atoms with Crippen LogP contribution in [0.15, 0.2) is 72.0 Å². The van der Waals surface area contributed by atoms with Crippen molar-refractivity contribution in [2.45, 2.75) is 0 Å². The summed E-state index contributed by atoms with van der Waals surface area (Å²) in [7, 11) is 0. The fraction of sp³-hybridized carbons (Fsp3) is 0. The topological polar surface area (TPSA) is 74.5 Å². The van der Waals surface area contributed by atoms with Gasteiger partial charge in [-0.15, -0.1) is 5.10 Å². The molecule has 0 aliphatic heterocycles. The lowest BCUT2D eigenvalue weighted by molar-refractivity contribution is 1.02. The van der Waals surface area contributed by atoms with Gasteiger partial charge in [0.25, 0.3) is 0 Å². The van der Waals surface area contributed by atoms with Crippen molar-refractivity contribution in [2.24, 2.45) is 5.11 Å². The van der Waals surface area contributed by atoms with Gasteiger partial charge in [0, 0.05) is 16.0 Å². The van der Waals surface area contributed by atoms with E-state index in [0.29, 0.717) is 0 Å². The molecule has 3 aromatic rings. The van der Waals surface area contributed by atoms with Crippen LogP contribution in [-0.2, 0) is 0 Å². The molecule has 1 heterocycles. The molecule has 5 heteroatoms. The van der Waals surface area contributed by atoms with Gasteiger partial charge < -0.3 is 0 Å². The van der Waals surface area contributed by atoms with Crippen molar-refractivity contribution in [3.8, 4) is 22.3 Å². The van der Waals surface area contributed by atoms with Gasteiger partial charge in [-0.25, -0.2) is 0 Å². The number of hydrogen-bond acceptors (Lipinski definition) is 3. The summed E-state index contributed by atoms with van der Waals surface area (Å²) in [5, 5.41) is 11.6. The monoisotopic (exact) mass is 273 g/mol. The first-order valence-electron chi connectivity index (χ1n) is 6.42. The molecular weight excluding hydrogens is 262 g/mol. The summed E-state index contributed by atoms with van der Waals surface area (Å²) in [6.45, 7) is 0. The molecular formula is C16H11N5. The first-order valence-corrected chi connectivity index (χ1v) is 6.42. The van der Waals surface area contributed by atoms with Gasteiger partial charge in [-0.2, -0.15) is 5.10 Å². The van der Waals surface area contributed by atoms with E-state index in [2.05, 4.69) is 20.2 Å². The van der Waals surface area contributed by atoms with Gasteiger partial charge in [0.1, 0.15) is 0 Å². The fourth-order valence-electron chi connectivity index (χ4n) is 2.21. The van der Waals surface area contributed by atoms with Gasteiger partial charge in [-0.1, -0.05) is 60.7 Å². The van der Waals surface area contributed by atoms with Crippen LogP contribution in [0.4, 0.5) is 5.82 Å². The highest BCUT2D eigenvalue weighted by molar-refractivity contribution is 5.88. The van der Waals surface area contributed by atoms with Crippen molar-refractivity contribution >= 4 is 5.82 Å². The molecule has 0 atom stereocenters. The minimum absolute atomic E-state index is 0.282. The van der Waals surface area contributed by atoms with Crippen molar-refractivity contribution in [1.82, 2.24) is 10.2 Å². The molecule has 1 aromatic heterocycles. The molecule has 100 valence electrons. The maximum Gasteiger partial charge on any atom is 0.157 e. The van der Waals surface area contributed by atoms with E-state index in [4.69, 9.17) is 5.53 Å². The highest BCUT2D eigenvalue weighted by atomic mass is 15.2. The molecule has 0 unspecified atom stereocenters. The summed E-state index contributed by atoms with van der Waals surface area (Å²) < 4.78 is 0. The Bertz CT molecular complexity index is 793. The fourth-order valence-corrected chi connectivity index (χ4v) is 2.21. The first kappa shape index (κ1) is 12.8. The van der Waals surface area contributed by atoms with Gasteiger partial charge in [-0.05, 0) is 21.8 Å². The standard InChI is InChI=1S/C16H11N5/c17-21-20-16-15(13-9-5-2-6-10-13)14(11-18-19-16)12-7-3-1-4-8-12/h1-11H. The van der Waals surface area contributed by atoms with Gasteiger partial charge in [0.15, 0.2) is 5.82 Å². The second-order valence-electron chi connectivity index (χ2n) is 4.38. The zero-order valence-electron chi connectivity index (χ0n) is 11.1. The predicted molar refractivity (Wildman–Crippen MR) is 81.7 cm³/mol. The lowest BCUT2D eigenvalue weighted by atomic mass is 9.97. The Balaban J connectivity index is 2.31. The molecule has 0 bridgehead atoms. The third-order valence-electron chi connectivity index (χ3n) is 3.12. The normalized spacial score (nSPS) is 9.90. The van der Waals surface area contributed by atoms with E-state index in [1.807, 2.05) is 60.7 Å². The third kappa shape index (κ3) is 2.59. The van der Waals surface area contributed by atoms with E-state index in [0.717, 1.165) is 22.3 Å². The summed E-state index contributed by atoms with van der Waals surface area (Å²) in [5.41, 5.74) is 12.4. The summed E-state index contributed by atoms with van der Waals surface area (Å²) in [6, 6.07) is 19.6.